The van der Waals surface area contributed by atoms with Gasteiger partial charge in [0.2, 0.25) is 0 Å². The van der Waals surface area contributed by atoms with E-state index in [0.717, 1.165) is 6.08 Å². The average molecular weight is 250 g/mol. The first-order valence-electron chi connectivity index (χ1n) is 4.96. The quantitative estimate of drug-likeness (QED) is 0.439. The summed E-state index contributed by atoms with van der Waals surface area (Å²) in [7, 11) is -4.25. The zero-order valence-electron chi connectivity index (χ0n) is 9.76. The summed E-state index contributed by atoms with van der Waals surface area (Å²) >= 11 is 0. The molecule has 1 unspecified atom stereocenters. The van der Waals surface area contributed by atoms with Crippen molar-refractivity contribution in [3.8, 4) is 0 Å². The van der Waals surface area contributed by atoms with Gasteiger partial charge >= 0.3 is 5.97 Å². The van der Waals surface area contributed by atoms with Crippen molar-refractivity contribution in [2.24, 2.45) is 0 Å². The molecule has 1 atom stereocenters. The lowest BCUT2D eigenvalue weighted by atomic mass is 10.0. The Morgan fingerprint density at radius 3 is 2.38 bits per heavy atom. The maximum absolute atomic E-state index is 11.2. The minimum absolute atomic E-state index is 0.219. The fourth-order valence-corrected chi connectivity index (χ4v) is 2.78. The van der Waals surface area contributed by atoms with Crippen LogP contribution >= 0.6 is 0 Å². The summed E-state index contributed by atoms with van der Waals surface area (Å²) in [6, 6.07) is 0. The van der Waals surface area contributed by atoms with Crippen LogP contribution in [0.3, 0.4) is 0 Å². The molecule has 0 aliphatic carbocycles. The summed E-state index contributed by atoms with van der Waals surface area (Å²) in [4.78, 5) is 11.0. The largest absolute Gasteiger partial charge is 0.455 e. The van der Waals surface area contributed by atoms with Gasteiger partial charge in [-0.15, -0.1) is 0 Å². The highest BCUT2D eigenvalue weighted by molar-refractivity contribution is 7.86. The molecule has 6 heteroatoms. The molecule has 0 heterocycles. The van der Waals surface area contributed by atoms with Crippen molar-refractivity contribution in [1.29, 1.82) is 0 Å². The maximum Gasteiger partial charge on any atom is 0.330 e. The first kappa shape index (κ1) is 15.1. The van der Waals surface area contributed by atoms with Crippen molar-refractivity contribution in [3.63, 3.8) is 0 Å². The molecule has 0 fully saturated rings. The number of carbonyl (C=O) groups excluding carboxylic acids is 1. The Balaban J connectivity index is 5.04. The fourth-order valence-electron chi connectivity index (χ4n) is 1.48. The molecule has 0 saturated heterocycles. The lowest BCUT2D eigenvalue weighted by Gasteiger charge is -2.31. The molecule has 0 rings (SSSR count). The highest BCUT2D eigenvalue weighted by atomic mass is 32.2. The van der Waals surface area contributed by atoms with Gasteiger partial charge in [0.05, 0.1) is 0 Å². The van der Waals surface area contributed by atoms with E-state index < -0.39 is 26.9 Å². The van der Waals surface area contributed by atoms with Crippen LogP contribution in [0.25, 0.3) is 0 Å². The third kappa shape index (κ3) is 4.32. The van der Waals surface area contributed by atoms with Crippen LogP contribution in [0.4, 0.5) is 0 Å². The molecule has 0 saturated carbocycles. The summed E-state index contributed by atoms with van der Waals surface area (Å²) in [5, 5.41) is -1.13. The summed E-state index contributed by atoms with van der Waals surface area (Å²) in [6.07, 6.45) is 1.73. The van der Waals surface area contributed by atoms with Gasteiger partial charge in [0.15, 0.2) is 0 Å². The van der Waals surface area contributed by atoms with Crippen molar-refractivity contribution in [1.82, 2.24) is 0 Å². The van der Waals surface area contributed by atoms with Crippen LogP contribution in [0.15, 0.2) is 12.7 Å². The van der Waals surface area contributed by atoms with Gasteiger partial charge in [-0.1, -0.05) is 19.9 Å². The maximum atomic E-state index is 11.2. The Labute approximate surface area is 96.2 Å². The first-order valence-corrected chi connectivity index (χ1v) is 6.47. The number of carbonyl (C=O) groups is 1. The van der Waals surface area contributed by atoms with Gasteiger partial charge in [0, 0.05) is 6.08 Å². The highest BCUT2D eigenvalue weighted by Gasteiger charge is 2.40. The molecule has 94 valence electrons. The number of hydrogen-bond donors (Lipinski definition) is 1. The first-order chi connectivity index (χ1) is 7.15. The monoisotopic (exact) mass is 250 g/mol. The number of hydrogen-bond acceptors (Lipinski definition) is 4. The van der Waals surface area contributed by atoms with Gasteiger partial charge in [-0.25, -0.2) is 4.79 Å². The summed E-state index contributed by atoms with van der Waals surface area (Å²) in [5.41, 5.74) is -1.28. The van der Waals surface area contributed by atoms with Crippen LogP contribution in [0, 0.1) is 0 Å². The topological polar surface area (TPSA) is 80.7 Å². The van der Waals surface area contributed by atoms with Crippen molar-refractivity contribution in [2.45, 2.75) is 44.5 Å². The molecule has 0 aromatic rings. The standard InChI is InChI=1S/C10H18O5S/c1-5-7-8(16(12,13)14)10(3,4)15-9(11)6-2/h6,8H,2,5,7H2,1,3-4H3,(H,12,13,14). The van der Waals surface area contributed by atoms with Crippen LogP contribution in [0.2, 0.25) is 0 Å². The van der Waals surface area contributed by atoms with Crippen LogP contribution in [-0.4, -0.2) is 29.8 Å². The minimum Gasteiger partial charge on any atom is -0.455 e. The van der Waals surface area contributed by atoms with Crippen molar-refractivity contribution in [3.05, 3.63) is 12.7 Å². The van der Waals surface area contributed by atoms with E-state index in [-0.39, 0.29) is 6.42 Å². The number of rotatable bonds is 6. The van der Waals surface area contributed by atoms with Gasteiger partial charge in [0.25, 0.3) is 10.1 Å². The fraction of sp³-hybridized carbons (Fsp3) is 0.700. The molecule has 0 spiro atoms. The molecule has 0 aromatic carbocycles. The Kier molecular flexibility index (Phi) is 5.15. The third-order valence-corrected chi connectivity index (χ3v) is 3.74. The average Bonchev–Trinajstić information content (AvgIpc) is 2.11. The number of ether oxygens (including phenoxy) is 1. The Morgan fingerprint density at radius 1 is 1.56 bits per heavy atom. The molecule has 0 bridgehead atoms. The second-order valence-electron chi connectivity index (χ2n) is 4.02. The molecule has 1 N–H and O–H groups in total. The zero-order chi connectivity index (χ0) is 13.0. The summed E-state index contributed by atoms with van der Waals surface area (Å²) in [6.45, 7) is 7.90. The molecule has 5 nitrogen and oxygen atoms in total. The van der Waals surface area contributed by atoms with Gasteiger partial charge in [-0.05, 0) is 20.3 Å². The lowest BCUT2D eigenvalue weighted by Crippen LogP contribution is -2.45. The molecule has 0 aromatic heterocycles. The molecular weight excluding hydrogens is 232 g/mol. The van der Waals surface area contributed by atoms with E-state index in [9.17, 15) is 13.2 Å². The van der Waals surface area contributed by atoms with Gasteiger partial charge < -0.3 is 4.74 Å². The molecule has 0 aliphatic heterocycles. The third-order valence-electron chi connectivity index (χ3n) is 2.22. The van der Waals surface area contributed by atoms with Gasteiger partial charge in [-0.2, -0.15) is 8.42 Å². The van der Waals surface area contributed by atoms with Crippen LogP contribution < -0.4 is 0 Å². The van der Waals surface area contributed by atoms with E-state index in [4.69, 9.17) is 9.29 Å². The SMILES string of the molecule is C=CC(=O)OC(C)(C)C(CCC)S(=O)(=O)O. The Bertz CT molecular complexity index is 355. The van der Waals surface area contributed by atoms with E-state index in [0.29, 0.717) is 6.42 Å². The van der Waals surface area contributed by atoms with Crippen molar-refractivity contribution < 1.29 is 22.5 Å². The van der Waals surface area contributed by atoms with Crippen molar-refractivity contribution >= 4 is 16.1 Å². The van der Waals surface area contributed by atoms with Crippen molar-refractivity contribution in [2.75, 3.05) is 0 Å². The number of esters is 1. The van der Waals surface area contributed by atoms with E-state index >= 15 is 0 Å². The zero-order valence-corrected chi connectivity index (χ0v) is 10.6. The predicted molar refractivity (Wildman–Crippen MR) is 60.6 cm³/mol. The van der Waals surface area contributed by atoms with Gasteiger partial charge in [0.1, 0.15) is 10.9 Å². The second-order valence-corrected chi connectivity index (χ2v) is 5.62. The Hall–Kier alpha value is -0.880. The van der Waals surface area contributed by atoms with Crippen LogP contribution in [0.5, 0.6) is 0 Å². The van der Waals surface area contributed by atoms with E-state index in [1.807, 2.05) is 0 Å². The van der Waals surface area contributed by atoms with Crippen LogP contribution in [0.1, 0.15) is 33.6 Å². The minimum atomic E-state index is -4.25. The molecule has 0 aliphatic rings. The van der Waals surface area contributed by atoms with Crippen LogP contribution in [-0.2, 0) is 19.6 Å². The predicted octanol–water partition coefficient (Wildman–Crippen LogP) is 1.55. The molecule has 16 heavy (non-hydrogen) atoms. The smallest absolute Gasteiger partial charge is 0.330 e. The normalized spacial score (nSPS) is 14.2. The Morgan fingerprint density at radius 2 is 2.06 bits per heavy atom. The molecular formula is C10H18O5S. The second kappa shape index (κ2) is 5.45. The molecule has 0 radical (unpaired) electrons. The van der Waals surface area contributed by atoms with E-state index in [2.05, 4.69) is 6.58 Å². The summed E-state index contributed by atoms with van der Waals surface area (Å²) in [5.74, 6) is -0.713. The van der Waals surface area contributed by atoms with E-state index in [1.165, 1.54) is 13.8 Å². The molecule has 0 amide bonds. The highest BCUT2D eigenvalue weighted by Crippen LogP contribution is 2.25. The van der Waals surface area contributed by atoms with Gasteiger partial charge in [-0.3, -0.25) is 4.55 Å². The lowest BCUT2D eigenvalue weighted by molar-refractivity contribution is -0.150. The van der Waals surface area contributed by atoms with E-state index in [1.54, 1.807) is 6.92 Å². The summed E-state index contributed by atoms with van der Waals surface area (Å²) < 4.78 is 36.4.